The van der Waals surface area contributed by atoms with Crippen LogP contribution >= 0.6 is 11.6 Å². The smallest absolute Gasteiger partial charge is 0.307 e. The molecule has 3 aromatic heterocycles. The number of aliphatic carboxylic acids is 1. The molecule has 1 aliphatic heterocycles. The van der Waals surface area contributed by atoms with Crippen LogP contribution in [-0.4, -0.2) is 49.0 Å². The largest absolute Gasteiger partial charge is 0.481 e. The third-order valence-corrected chi connectivity index (χ3v) is 8.61. The minimum Gasteiger partial charge on any atom is -0.481 e. The molecule has 2 N–H and O–H groups in total. The molecule has 3 aromatic carbocycles. The van der Waals surface area contributed by atoms with Crippen LogP contribution in [-0.2, 0) is 11.3 Å². The predicted molar refractivity (Wildman–Crippen MR) is 171 cm³/mol. The molecule has 0 spiro atoms. The SMILES string of the molecule is Cc1c(-c2nc3cc(CN4CC[C@@H](C(=O)O)C4)cc(C#N)c3o2)cccc1-c1cccc(Nc2cncc3nccnc23)c1Cl. The average Bonchev–Trinajstić information content (AvgIpc) is 3.70. The number of nitrogens with zero attached hydrogens (tertiary/aromatic N) is 6. The van der Waals surface area contributed by atoms with E-state index in [-0.39, 0.29) is 5.92 Å². The van der Waals surface area contributed by atoms with Crippen LogP contribution in [0.4, 0.5) is 11.4 Å². The molecule has 1 saturated heterocycles. The molecule has 0 radical (unpaired) electrons. The van der Waals surface area contributed by atoms with Gasteiger partial charge in [-0.05, 0) is 60.8 Å². The Morgan fingerprint density at radius 1 is 1.09 bits per heavy atom. The predicted octanol–water partition coefficient (Wildman–Crippen LogP) is 6.98. The molecule has 1 aliphatic rings. The quantitative estimate of drug-likeness (QED) is 0.193. The summed E-state index contributed by atoms with van der Waals surface area (Å²) < 4.78 is 6.21. The number of fused-ring (bicyclic) bond motifs is 2. The van der Waals surface area contributed by atoms with Crippen molar-refractivity contribution in [2.24, 2.45) is 5.92 Å². The van der Waals surface area contributed by atoms with Crippen LogP contribution in [0.15, 0.2) is 77.7 Å². The zero-order valence-electron chi connectivity index (χ0n) is 24.2. The molecule has 222 valence electrons. The number of aromatic nitrogens is 4. The Balaban J connectivity index is 1.22. The highest BCUT2D eigenvalue weighted by Crippen LogP contribution is 2.40. The Kier molecular flexibility index (Phi) is 7.33. The van der Waals surface area contributed by atoms with Gasteiger partial charge in [0.1, 0.15) is 22.6 Å². The second-order valence-corrected chi connectivity index (χ2v) is 11.4. The Bertz CT molecular complexity index is 2150. The number of carboxylic acid groups (broad SMARTS) is 1. The Morgan fingerprint density at radius 3 is 2.71 bits per heavy atom. The number of nitriles is 1. The van der Waals surface area contributed by atoms with E-state index in [1.807, 2.05) is 49.4 Å². The van der Waals surface area contributed by atoms with Gasteiger partial charge in [-0.2, -0.15) is 5.26 Å². The number of hydrogen-bond donors (Lipinski definition) is 2. The van der Waals surface area contributed by atoms with Crippen molar-refractivity contribution < 1.29 is 14.3 Å². The van der Waals surface area contributed by atoms with Crippen molar-refractivity contribution in [3.63, 3.8) is 0 Å². The van der Waals surface area contributed by atoms with Crippen LogP contribution in [0.5, 0.6) is 0 Å². The second kappa shape index (κ2) is 11.6. The minimum atomic E-state index is -0.773. The fraction of sp³-hybridized carbons (Fsp3) is 0.176. The van der Waals surface area contributed by atoms with Crippen LogP contribution in [0.2, 0.25) is 5.02 Å². The maximum absolute atomic E-state index is 11.4. The molecular formula is C34H26ClN7O3. The molecule has 0 amide bonds. The number of rotatable bonds is 7. The Labute approximate surface area is 263 Å². The van der Waals surface area contributed by atoms with Crippen LogP contribution in [0, 0.1) is 24.2 Å². The highest BCUT2D eigenvalue weighted by Gasteiger charge is 2.28. The molecule has 0 bridgehead atoms. The summed E-state index contributed by atoms with van der Waals surface area (Å²) in [6, 6.07) is 17.6. The first-order chi connectivity index (χ1) is 21.9. The van der Waals surface area contributed by atoms with Crippen LogP contribution < -0.4 is 5.32 Å². The fourth-order valence-electron chi connectivity index (χ4n) is 5.94. The number of pyridine rings is 1. The molecule has 0 saturated carbocycles. The van der Waals surface area contributed by atoms with Crippen LogP contribution in [0.3, 0.4) is 0 Å². The molecule has 7 rings (SSSR count). The first-order valence-corrected chi connectivity index (χ1v) is 14.8. The van der Waals surface area contributed by atoms with Crippen molar-refractivity contribution in [1.29, 1.82) is 5.26 Å². The molecule has 1 fully saturated rings. The normalized spacial score (nSPS) is 15.0. The van der Waals surface area contributed by atoms with Crippen molar-refractivity contribution in [2.45, 2.75) is 19.9 Å². The van der Waals surface area contributed by atoms with E-state index in [2.05, 4.69) is 31.2 Å². The van der Waals surface area contributed by atoms with Gasteiger partial charge in [0.05, 0.1) is 40.3 Å². The monoisotopic (exact) mass is 615 g/mol. The van der Waals surface area contributed by atoms with Gasteiger partial charge in [-0.25, -0.2) is 4.98 Å². The third-order valence-electron chi connectivity index (χ3n) is 8.20. The lowest BCUT2D eigenvalue weighted by atomic mass is 9.96. The number of benzene rings is 3. The van der Waals surface area contributed by atoms with Gasteiger partial charge in [-0.3, -0.25) is 24.6 Å². The second-order valence-electron chi connectivity index (χ2n) is 11.1. The molecular weight excluding hydrogens is 590 g/mol. The summed E-state index contributed by atoms with van der Waals surface area (Å²) in [4.78, 5) is 31.3. The van der Waals surface area contributed by atoms with Crippen molar-refractivity contribution >= 4 is 51.1 Å². The lowest BCUT2D eigenvalue weighted by Gasteiger charge is -2.15. The number of nitrogens with one attached hydrogen (secondary N) is 1. The first kappa shape index (κ1) is 28.4. The summed E-state index contributed by atoms with van der Waals surface area (Å²) in [6.07, 6.45) is 7.23. The molecule has 11 heteroatoms. The van der Waals surface area contributed by atoms with Crippen molar-refractivity contribution in [2.75, 3.05) is 18.4 Å². The van der Waals surface area contributed by atoms with E-state index in [0.717, 1.165) is 27.8 Å². The highest BCUT2D eigenvalue weighted by atomic mass is 35.5. The maximum Gasteiger partial charge on any atom is 0.307 e. The first-order valence-electron chi connectivity index (χ1n) is 14.4. The Hall–Kier alpha value is -5.37. The number of likely N-dealkylation sites (tertiary alicyclic amines) is 1. The van der Waals surface area contributed by atoms with E-state index < -0.39 is 5.97 Å². The van der Waals surface area contributed by atoms with E-state index in [1.54, 1.807) is 30.9 Å². The maximum atomic E-state index is 11.4. The lowest BCUT2D eigenvalue weighted by molar-refractivity contribution is -0.141. The molecule has 0 aliphatic carbocycles. The van der Waals surface area contributed by atoms with Gasteiger partial charge >= 0.3 is 5.97 Å². The zero-order valence-corrected chi connectivity index (χ0v) is 24.9. The van der Waals surface area contributed by atoms with Gasteiger partial charge in [0, 0.05) is 36.6 Å². The summed E-state index contributed by atoms with van der Waals surface area (Å²) in [7, 11) is 0. The van der Waals surface area contributed by atoms with Gasteiger partial charge in [-0.15, -0.1) is 0 Å². The standard InChI is InChI=1S/C34H26ClN7O3/c1-19-23(25-6-3-7-26(30(25)35)40-29-16-37-15-28-31(29)39-10-9-38-28)4-2-5-24(19)33-41-27-13-20(12-22(14-36)32(27)45-33)17-42-11-8-21(18-42)34(43)44/h2-7,9-10,12-13,15-16,21,40H,8,11,17-18H2,1H3,(H,43,44)/t21-/m1/s1. The number of hydrogen-bond acceptors (Lipinski definition) is 9. The van der Waals surface area contributed by atoms with Gasteiger partial charge < -0.3 is 14.8 Å². The van der Waals surface area contributed by atoms with E-state index in [0.29, 0.717) is 76.0 Å². The molecule has 6 aromatic rings. The van der Waals surface area contributed by atoms with Crippen molar-refractivity contribution in [1.82, 2.24) is 24.8 Å². The Morgan fingerprint density at radius 2 is 1.89 bits per heavy atom. The lowest BCUT2D eigenvalue weighted by Crippen LogP contribution is -2.22. The van der Waals surface area contributed by atoms with E-state index in [9.17, 15) is 15.2 Å². The number of carboxylic acids is 1. The minimum absolute atomic E-state index is 0.368. The molecule has 4 heterocycles. The summed E-state index contributed by atoms with van der Waals surface area (Å²) in [6.45, 7) is 3.70. The van der Waals surface area contributed by atoms with Gasteiger partial charge in [0.25, 0.3) is 0 Å². The summed E-state index contributed by atoms with van der Waals surface area (Å²) >= 11 is 7.00. The summed E-state index contributed by atoms with van der Waals surface area (Å²) in [5.74, 6) is -0.742. The van der Waals surface area contributed by atoms with E-state index in [1.165, 1.54) is 0 Å². The van der Waals surface area contributed by atoms with Crippen molar-refractivity contribution in [3.8, 4) is 28.7 Å². The fourth-order valence-corrected chi connectivity index (χ4v) is 6.22. The van der Waals surface area contributed by atoms with E-state index >= 15 is 0 Å². The average molecular weight is 616 g/mol. The summed E-state index contributed by atoms with van der Waals surface area (Å²) in [5.41, 5.74) is 8.43. The van der Waals surface area contributed by atoms with Crippen LogP contribution in [0.25, 0.3) is 44.7 Å². The van der Waals surface area contributed by atoms with Gasteiger partial charge in [0.15, 0.2) is 5.58 Å². The number of halogens is 1. The number of carbonyl (C=O) groups is 1. The van der Waals surface area contributed by atoms with E-state index in [4.69, 9.17) is 21.0 Å². The highest BCUT2D eigenvalue weighted by molar-refractivity contribution is 6.36. The van der Waals surface area contributed by atoms with Gasteiger partial charge in [0.2, 0.25) is 5.89 Å². The zero-order chi connectivity index (χ0) is 31.1. The molecule has 45 heavy (non-hydrogen) atoms. The van der Waals surface area contributed by atoms with Crippen LogP contribution in [0.1, 0.15) is 23.1 Å². The number of oxazole rings is 1. The number of anilines is 2. The molecule has 1 atom stereocenters. The topological polar surface area (TPSA) is 141 Å². The summed E-state index contributed by atoms with van der Waals surface area (Å²) in [5, 5.41) is 23.2. The van der Waals surface area contributed by atoms with Gasteiger partial charge in [-0.1, -0.05) is 35.9 Å². The molecule has 10 nitrogen and oxygen atoms in total. The third kappa shape index (κ3) is 5.33. The molecule has 0 unspecified atom stereocenters. The van der Waals surface area contributed by atoms with Crippen molar-refractivity contribution in [3.05, 3.63) is 95.0 Å².